The van der Waals surface area contributed by atoms with Crippen LogP contribution in [0.4, 0.5) is 10.7 Å². The molecule has 3 heterocycles. The summed E-state index contributed by atoms with van der Waals surface area (Å²) in [6, 6.07) is 1.41. The predicted molar refractivity (Wildman–Crippen MR) is 99.6 cm³/mol. The number of hydrogen-bond acceptors (Lipinski definition) is 7. The van der Waals surface area contributed by atoms with Crippen LogP contribution >= 0.6 is 0 Å². The number of amides is 2. The molecule has 1 fully saturated rings. The van der Waals surface area contributed by atoms with Crippen molar-refractivity contribution < 1.29 is 9.53 Å². The molecule has 0 bridgehead atoms. The zero-order valence-electron chi connectivity index (χ0n) is 16.0. The average Bonchev–Trinajstić information content (AvgIpc) is 3.17. The molecule has 2 amide bonds. The predicted octanol–water partition coefficient (Wildman–Crippen LogP) is 1.08. The number of aromatic nitrogens is 5. The minimum Gasteiger partial charge on any atom is -0.481 e. The molecule has 2 aromatic rings. The van der Waals surface area contributed by atoms with Gasteiger partial charge in [0.25, 0.3) is 0 Å². The number of aryl methyl sites for hydroxylation is 1. The Kier molecular flexibility index (Phi) is 6.05. The fourth-order valence-electron chi connectivity index (χ4n) is 3.06. The van der Waals surface area contributed by atoms with Crippen molar-refractivity contribution in [3.63, 3.8) is 0 Å². The Morgan fingerprint density at radius 1 is 1.33 bits per heavy atom. The van der Waals surface area contributed by atoms with Crippen molar-refractivity contribution in [2.24, 2.45) is 0 Å². The molecule has 1 N–H and O–H groups in total. The van der Waals surface area contributed by atoms with Gasteiger partial charge in [-0.1, -0.05) is 6.92 Å². The molecule has 0 saturated carbocycles. The van der Waals surface area contributed by atoms with Gasteiger partial charge < -0.3 is 24.4 Å². The number of nitrogens with zero attached hydrogens (tertiary/aromatic N) is 7. The van der Waals surface area contributed by atoms with Crippen LogP contribution in [0.25, 0.3) is 0 Å². The topological polar surface area (TPSA) is 101 Å². The maximum Gasteiger partial charge on any atom is 0.318 e. The highest BCUT2D eigenvalue weighted by Gasteiger charge is 2.25. The summed E-state index contributed by atoms with van der Waals surface area (Å²) in [4.78, 5) is 25.1. The van der Waals surface area contributed by atoms with Gasteiger partial charge in [0.15, 0.2) is 5.82 Å². The third kappa shape index (κ3) is 4.44. The fourth-order valence-corrected chi connectivity index (χ4v) is 3.06. The molecule has 0 aliphatic carbocycles. The molecule has 27 heavy (non-hydrogen) atoms. The Morgan fingerprint density at radius 3 is 2.81 bits per heavy atom. The van der Waals surface area contributed by atoms with Crippen LogP contribution in [0.2, 0.25) is 0 Å². The second-order valence-electron chi connectivity index (χ2n) is 6.43. The number of hydrogen-bond donors (Lipinski definition) is 1. The lowest BCUT2D eigenvalue weighted by Gasteiger charge is -2.35. The van der Waals surface area contributed by atoms with Gasteiger partial charge in [0.05, 0.1) is 13.2 Å². The fraction of sp³-hybridized carbons (Fsp3) is 0.588. The molecule has 2 aromatic heterocycles. The van der Waals surface area contributed by atoms with E-state index in [9.17, 15) is 4.79 Å². The summed E-state index contributed by atoms with van der Waals surface area (Å²) in [7, 11) is 1.58. The van der Waals surface area contributed by atoms with E-state index in [2.05, 4.69) is 32.4 Å². The number of ether oxygens (including phenoxy) is 1. The molecule has 10 heteroatoms. The van der Waals surface area contributed by atoms with Crippen LogP contribution in [-0.2, 0) is 6.54 Å². The van der Waals surface area contributed by atoms with Crippen LogP contribution in [0.3, 0.4) is 0 Å². The molecule has 3 rings (SSSR count). The monoisotopic (exact) mass is 374 g/mol. The number of nitrogens with one attached hydrogen (secondary N) is 1. The summed E-state index contributed by atoms with van der Waals surface area (Å²) in [6.07, 6.45) is 4.36. The van der Waals surface area contributed by atoms with Gasteiger partial charge in [-0.05, 0) is 13.3 Å². The molecule has 1 aliphatic heterocycles. The third-order valence-corrected chi connectivity index (χ3v) is 4.51. The molecule has 1 unspecified atom stereocenters. The van der Waals surface area contributed by atoms with Crippen molar-refractivity contribution >= 4 is 12.0 Å². The Balaban J connectivity index is 1.54. The van der Waals surface area contributed by atoms with E-state index in [-0.39, 0.29) is 12.1 Å². The normalized spacial score (nSPS) is 15.5. The van der Waals surface area contributed by atoms with Gasteiger partial charge in [0, 0.05) is 45.0 Å². The van der Waals surface area contributed by atoms with Crippen molar-refractivity contribution in [3.8, 4) is 5.88 Å². The SMILES string of the molecule is CCCn1cnnc1C(C)NC(=O)N1CCN(c2nccc(OC)n2)CC1. The van der Waals surface area contributed by atoms with Crippen LogP contribution in [0.5, 0.6) is 5.88 Å². The van der Waals surface area contributed by atoms with E-state index >= 15 is 0 Å². The van der Waals surface area contributed by atoms with E-state index in [1.54, 1.807) is 30.6 Å². The van der Waals surface area contributed by atoms with Crippen molar-refractivity contribution in [3.05, 3.63) is 24.4 Å². The Morgan fingerprint density at radius 2 is 2.11 bits per heavy atom. The number of methoxy groups -OCH3 is 1. The van der Waals surface area contributed by atoms with Crippen LogP contribution in [0.15, 0.2) is 18.6 Å². The molecular formula is C17H26N8O2. The standard InChI is InChI=1S/C17H26N8O2/c1-4-7-25-12-19-22-15(25)13(2)20-17(26)24-10-8-23(9-11-24)16-18-6-5-14(21-16)27-3/h5-6,12-13H,4,7-11H2,1-3H3,(H,20,26). The summed E-state index contributed by atoms with van der Waals surface area (Å²) >= 11 is 0. The number of anilines is 1. The quantitative estimate of drug-likeness (QED) is 0.807. The zero-order valence-corrected chi connectivity index (χ0v) is 16.0. The zero-order chi connectivity index (χ0) is 19.2. The van der Waals surface area contributed by atoms with Gasteiger partial charge in [-0.3, -0.25) is 0 Å². The van der Waals surface area contributed by atoms with E-state index < -0.39 is 0 Å². The van der Waals surface area contributed by atoms with Crippen molar-refractivity contribution in [2.75, 3.05) is 38.2 Å². The Bertz CT molecular complexity index is 757. The highest BCUT2D eigenvalue weighted by molar-refractivity contribution is 5.74. The third-order valence-electron chi connectivity index (χ3n) is 4.51. The lowest BCUT2D eigenvalue weighted by Crippen LogP contribution is -2.52. The average molecular weight is 374 g/mol. The smallest absolute Gasteiger partial charge is 0.318 e. The largest absolute Gasteiger partial charge is 0.481 e. The van der Waals surface area contributed by atoms with Gasteiger partial charge in [-0.2, -0.15) is 4.98 Å². The number of rotatable bonds is 6. The lowest BCUT2D eigenvalue weighted by atomic mass is 10.3. The van der Waals surface area contributed by atoms with Crippen LogP contribution in [0, 0.1) is 0 Å². The minimum atomic E-state index is -0.203. The van der Waals surface area contributed by atoms with Gasteiger partial charge in [-0.25, -0.2) is 9.78 Å². The summed E-state index contributed by atoms with van der Waals surface area (Å²) in [5, 5.41) is 11.1. The Hall–Kier alpha value is -2.91. The molecular weight excluding hydrogens is 348 g/mol. The molecule has 1 atom stereocenters. The van der Waals surface area contributed by atoms with Crippen LogP contribution in [-0.4, -0.2) is 69.0 Å². The van der Waals surface area contributed by atoms with Gasteiger partial charge in [0.1, 0.15) is 6.33 Å². The molecule has 1 saturated heterocycles. The highest BCUT2D eigenvalue weighted by atomic mass is 16.5. The van der Waals surface area contributed by atoms with E-state index in [4.69, 9.17) is 4.74 Å². The van der Waals surface area contributed by atoms with Crippen molar-refractivity contribution in [1.82, 2.24) is 34.9 Å². The van der Waals surface area contributed by atoms with Crippen LogP contribution < -0.4 is 15.0 Å². The first-order chi connectivity index (χ1) is 13.1. The molecule has 0 aromatic carbocycles. The first-order valence-electron chi connectivity index (χ1n) is 9.17. The molecule has 1 aliphatic rings. The van der Waals surface area contributed by atoms with E-state index in [0.717, 1.165) is 18.8 Å². The van der Waals surface area contributed by atoms with Gasteiger partial charge in [0.2, 0.25) is 11.8 Å². The molecule has 0 radical (unpaired) electrons. The van der Waals surface area contributed by atoms with E-state index in [1.807, 2.05) is 16.4 Å². The maximum absolute atomic E-state index is 12.6. The number of carbonyl (C=O) groups is 1. The first kappa shape index (κ1) is 18.9. The summed E-state index contributed by atoms with van der Waals surface area (Å²) in [6.45, 7) is 7.39. The van der Waals surface area contributed by atoms with Gasteiger partial charge in [-0.15, -0.1) is 10.2 Å². The van der Waals surface area contributed by atoms with Gasteiger partial charge >= 0.3 is 6.03 Å². The second kappa shape index (κ2) is 8.65. The van der Waals surface area contributed by atoms with Crippen LogP contribution in [0.1, 0.15) is 32.1 Å². The Labute approximate surface area is 158 Å². The number of piperazine rings is 1. The molecule has 146 valence electrons. The number of urea groups is 1. The number of carbonyl (C=O) groups excluding carboxylic acids is 1. The lowest BCUT2D eigenvalue weighted by molar-refractivity contribution is 0.190. The molecule has 10 nitrogen and oxygen atoms in total. The van der Waals surface area contributed by atoms with Crippen molar-refractivity contribution in [1.29, 1.82) is 0 Å². The molecule has 0 spiro atoms. The minimum absolute atomic E-state index is 0.0974. The second-order valence-corrected chi connectivity index (χ2v) is 6.43. The summed E-state index contributed by atoms with van der Waals surface area (Å²) < 4.78 is 7.12. The van der Waals surface area contributed by atoms with Crippen molar-refractivity contribution in [2.45, 2.75) is 32.9 Å². The maximum atomic E-state index is 12.6. The summed E-state index contributed by atoms with van der Waals surface area (Å²) in [5.74, 6) is 1.93. The first-order valence-corrected chi connectivity index (χ1v) is 9.17. The summed E-state index contributed by atoms with van der Waals surface area (Å²) in [5.41, 5.74) is 0. The van der Waals surface area contributed by atoms with E-state index in [0.29, 0.717) is 38.0 Å². The highest BCUT2D eigenvalue weighted by Crippen LogP contribution is 2.15. The van der Waals surface area contributed by atoms with E-state index in [1.165, 1.54) is 0 Å².